The second kappa shape index (κ2) is 6.21. The lowest BCUT2D eigenvalue weighted by molar-refractivity contribution is -0.136. The first kappa shape index (κ1) is 17.5. The lowest BCUT2D eigenvalue weighted by atomic mass is 9.93. The molecule has 26 heavy (non-hydrogen) atoms. The van der Waals surface area contributed by atoms with E-state index in [1.165, 1.54) is 19.2 Å². The quantitative estimate of drug-likeness (QED) is 0.745. The normalized spacial score (nSPS) is 11.5. The number of pyridine rings is 1. The van der Waals surface area contributed by atoms with Gasteiger partial charge in [-0.2, -0.15) is 13.2 Å². The summed E-state index contributed by atoms with van der Waals surface area (Å²) < 4.78 is 45.3. The van der Waals surface area contributed by atoms with Crippen LogP contribution in [0.4, 0.5) is 19.0 Å². The number of nitrogen functional groups attached to an aromatic ring is 1. The molecule has 0 spiro atoms. The van der Waals surface area contributed by atoms with Crippen LogP contribution in [0.25, 0.3) is 22.0 Å². The van der Waals surface area contributed by atoms with Gasteiger partial charge in [0.15, 0.2) is 0 Å². The van der Waals surface area contributed by atoms with Gasteiger partial charge in [0.1, 0.15) is 11.6 Å². The third-order valence-electron chi connectivity index (χ3n) is 3.95. The molecule has 134 valence electrons. The standard InChI is InChI=1S/C18H14F3N3O2/c1-26-10-5-2-4-9(8-10)13-11-6-3-7-12(18(19,20)21)15(11)24-16(22)14(13)17(23)25/h2-8H,1H3,(H2,22,24)(H2,23,25). The molecule has 0 aliphatic rings. The molecule has 0 unspecified atom stereocenters. The van der Waals surface area contributed by atoms with Gasteiger partial charge in [0.2, 0.25) is 0 Å². The topological polar surface area (TPSA) is 91.2 Å². The van der Waals surface area contributed by atoms with Gasteiger partial charge in [0, 0.05) is 10.9 Å². The van der Waals surface area contributed by atoms with Crippen LogP contribution in [0.15, 0.2) is 42.5 Å². The number of rotatable bonds is 3. The number of nitrogens with zero attached hydrogens (tertiary/aromatic N) is 1. The molecule has 0 fully saturated rings. The first-order chi connectivity index (χ1) is 12.2. The maximum atomic E-state index is 13.4. The van der Waals surface area contributed by atoms with E-state index in [0.717, 1.165) is 6.07 Å². The Labute approximate surface area is 146 Å². The summed E-state index contributed by atoms with van der Waals surface area (Å²) in [5.74, 6) is -0.778. The van der Waals surface area contributed by atoms with Crippen molar-refractivity contribution in [2.24, 2.45) is 5.73 Å². The minimum Gasteiger partial charge on any atom is -0.497 e. The van der Waals surface area contributed by atoms with Crippen molar-refractivity contribution < 1.29 is 22.7 Å². The van der Waals surface area contributed by atoms with E-state index in [9.17, 15) is 18.0 Å². The number of fused-ring (bicyclic) bond motifs is 1. The smallest absolute Gasteiger partial charge is 0.418 e. The predicted molar refractivity (Wildman–Crippen MR) is 91.7 cm³/mol. The van der Waals surface area contributed by atoms with E-state index < -0.39 is 17.6 Å². The van der Waals surface area contributed by atoms with Crippen molar-refractivity contribution in [1.82, 2.24) is 4.98 Å². The SMILES string of the molecule is COc1cccc(-c2c(C(N)=O)c(N)nc3c(C(F)(F)F)cccc23)c1. The number of nitrogens with two attached hydrogens (primary N) is 2. The summed E-state index contributed by atoms with van der Waals surface area (Å²) >= 11 is 0. The second-order valence-electron chi connectivity index (χ2n) is 5.54. The number of benzene rings is 2. The number of primary amides is 1. The highest BCUT2D eigenvalue weighted by atomic mass is 19.4. The Morgan fingerprint density at radius 2 is 1.85 bits per heavy atom. The minimum absolute atomic E-state index is 0.121. The first-order valence-corrected chi connectivity index (χ1v) is 7.47. The van der Waals surface area contributed by atoms with Crippen molar-refractivity contribution in [1.29, 1.82) is 0 Å². The number of halogens is 3. The van der Waals surface area contributed by atoms with Gasteiger partial charge in [-0.3, -0.25) is 4.79 Å². The van der Waals surface area contributed by atoms with E-state index >= 15 is 0 Å². The number of para-hydroxylation sites is 1. The van der Waals surface area contributed by atoms with E-state index in [-0.39, 0.29) is 27.8 Å². The van der Waals surface area contributed by atoms with Crippen LogP contribution in [0.3, 0.4) is 0 Å². The molecule has 8 heteroatoms. The summed E-state index contributed by atoms with van der Waals surface area (Å²) in [6.07, 6.45) is -4.63. The predicted octanol–water partition coefficient (Wildman–Crippen LogP) is 3.61. The third-order valence-corrected chi connectivity index (χ3v) is 3.95. The van der Waals surface area contributed by atoms with Crippen molar-refractivity contribution in [3.63, 3.8) is 0 Å². The van der Waals surface area contributed by atoms with Crippen LogP contribution in [-0.4, -0.2) is 18.0 Å². The molecule has 0 aliphatic carbocycles. The zero-order valence-corrected chi connectivity index (χ0v) is 13.6. The summed E-state index contributed by atoms with van der Waals surface area (Å²) in [4.78, 5) is 15.8. The molecule has 0 saturated heterocycles. The van der Waals surface area contributed by atoms with E-state index in [0.29, 0.717) is 11.3 Å². The van der Waals surface area contributed by atoms with Crippen LogP contribution < -0.4 is 16.2 Å². The van der Waals surface area contributed by atoms with E-state index in [4.69, 9.17) is 16.2 Å². The van der Waals surface area contributed by atoms with Gasteiger partial charge in [-0.25, -0.2) is 4.98 Å². The zero-order valence-electron chi connectivity index (χ0n) is 13.6. The number of hydrogen-bond donors (Lipinski definition) is 2. The lowest BCUT2D eigenvalue weighted by Gasteiger charge is -2.17. The zero-order chi connectivity index (χ0) is 19.1. The Kier molecular flexibility index (Phi) is 4.19. The number of carbonyl (C=O) groups excluding carboxylic acids is 1. The third kappa shape index (κ3) is 2.90. The molecule has 1 amide bonds. The summed E-state index contributed by atoms with van der Waals surface area (Å²) in [5.41, 5.74) is 10.4. The Morgan fingerprint density at radius 3 is 2.46 bits per heavy atom. The molecule has 0 atom stereocenters. The summed E-state index contributed by atoms with van der Waals surface area (Å²) in [7, 11) is 1.45. The van der Waals surface area contributed by atoms with Crippen molar-refractivity contribution in [2.75, 3.05) is 12.8 Å². The van der Waals surface area contributed by atoms with Crippen LogP contribution in [0.5, 0.6) is 5.75 Å². The fourth-order valence-corrected chi connectivity index (χ4v) is 2.86. The molecule has 0 aliphatic heterocycles. The van der Waals surface area contributed by atoms with Crippen molar-refractivity contribution >= 4 is 22.6 Å². The van der Waals surface area contributed by atoms with Crippen LogP contribution in [0.1, 0.15) is 15.9 Å². The highest BCUT2D eigenvalue weighted by Gasteiger charge is 2.34. The van der Waals surface area contributed by atoms with Gasteiger partial charge in [-0.05, 0) is 23.8 Å². The Morgan fingerprint density at radius 1 is 1.15 bits per heavy atom. The molecular formula is C18H14F3N3O2. The molecule has 0 bridgehead atoms. The van der Waals surface area contributed by atoms with Gasteiger partial charge >= 0.3 is 6.18 Å². The second-order valence-corrected chi connectivity index (χ2v) is 5.54. The van der Waals surface area contributed by atoms with Gasteiger partial charge in [0.05, 0.1) is 23.8 Å². The average Bonchev–Trinajstić information content (AvgIpc) is 2.58. The molecule has 0 radical (unpaired) electrons. The number of carbonyl (C=O) groups is 1. The van der Waals surface area contributed by atoms with Crippen molar-refractivity contribution in [3.05, 3.63) is 53.6 Å². The highest BCUT2D eigenvalue weighted by Crippen LogP contribution is 2.40. The molecular weight excluding hydrogens is 347 g/mol. The van der Waals surface area contributed by atoms with Gasteiger partial charge in [-0.1, -0.05) is 24.3 Å². The number of ether oxygens (including phenoxy) is 1. The van der Waals surface area contributed by atoms with Gasteiger partial charge < -0.3 is 16.2 Å². The summed E-state index contributed by atoms with van der Waals surface area (Å²) in [6, 6.07) is 10.1. The molecule has 3 rings (SSSR count). The van der Waals surface area contributed by atoms with Crippen molar-refractivity contribution in [3.8, 4) is 16.9 Å². The van der Waals surface area contributed by atoms with E-state index in [1.807, 2.05) is 0 Å². The maximum Gasteiger partial charge on any atom is 0.418 e. The van der Waals surface area contributed by atoms with Crippen molar-refractivity contribution in [2.45, 2.75) is 6.18 Å². The number of alkyl halides is 3. The molecule has 1 heterocycles. The lowest BCUT2D eigenvalue weighted by Crippen LogP contribution is -2.17. The Balaban J connectivity index is 2.49. The number of anilines is 1. The highest BCUT2D eigenvalue weighted by molar-refractivity contribution is 6.12. The Hall–Kier alpha value is -3.29. The average molecular weight is 361 g/mol. The largest absolute Gasteiger partial charge is 0.497 e. The number of methoxy groups -OCH3 is 1. The fraction of sp³-hybridized carbons (Fsp3) is 0.111. The number of hydrogen-bond acceptors (Lipinski definition) is 4. The molecule has 0 saturated carbocycles. The summed E-state index contributed by atoms with van der Waals surface area (Å²) in [5, 5.41) is 0.121. The molecule has 5 nitrogen and oxygen atoms in total. The Bertz CT molecular complexity index is 1020. The van der Waals surface area contributed by atoms with Gasteiger partial charge in [0.25, 0.3) is 5.91 Å². The van der Waals surface area contributed by atoms with Crippen LogP contribution in [0.2, 0.25) is 0 Å². The molecule has 2 aromatic carbocycles. The molecule has 1 aromatic heterocycles. The van der Waals surface area contributed by atoms with E-state index in [1.54, 1.807) is 24.3 Å². The molecule has 4 N–H and O–H groups in total. The summed E-state index contributed by atoms with van der Waals surface area (Å²) in [6.45, 7) is 0. The minimum atomic E-state index is -4.63. The monoisotopic (exact) mass is 361 g/mol. The van der Waals surface area contributed by atoms with E-state index in [2.05, 4.69) is 4.98 Å². The number of amides is 1. The van der Waals surface area contributed by atoms with Crippen LogP contribution in [-0.2, 0) is 6.18 Å². The fourth-order valence-electron chi connectivity index (χ4n) is 2.86. The van der Waals surface area contributed by atoms with Gasteiger partial charge in [-0.15, -0.1) is 0 Å². The maximum absolute atomic E-state index is 13.4. The van der Waals surface area contributed by atoms with Crippen LogP contribution in [0, 0.1) is 0 Å². The molecule has 3 aromatic rings. The van der Waals surface area contributed by atoms with Crippen LogP contribution >= 0.6 is 0 Å². The first-order valence-electron chi connectivity index (χ1n) is 7.47. The number of aromatic nitrogens is 1.